The molecule has 0 unspecified atom stereocenters. The number of carbonyl (C=O) groups is 1. The van der Waals surface area contributed by atoms with E-state index in [9.17, 15) is 18.0 Å². The number of alkyl halides is 3. The fourth-order valence-electron chi connectivity index (χ4n) is 5.67. The number of aryl methyl sites for hydroxylation is 3. The number of aromatic nitrogens is 7. The number of amides is 1. The first-order valence-corrected chi connectivity index (χ1v) is 15.6. The highest BCUT2D eigenvalue weighted by Crippen LogP contribution is 2.34. The Morgan fingerprint density at radius 1 is 1.10 bits per heavy atom. The van der Waals surface area contributed by atoms with Crippen LogP contribution in [0, 0.1) is 13.8 Å². The van der Waals surface area contributed by atoms with Crippen LogP contribution < -0.4 is 20.7 Å². The first kappa shape index (κ1) is 31.4. The van der Waals surface area contributed by atoms with Gasteiger partial charge < -0.3 is 25.7 Å². The Morgan fingerprint density at radius 2 is 1.94 bits per heavy atom. The van der Waals surface area contributed by atoms with Crippen LogP contribution in [0.2, 0.25) is 0 Å². The predicted octanol–water partition coefficient (Wildman–Crippen LogP) is 5.19. The minimum absolute atomic E-state index is 0.0823. The van der Waals surface area contributed by atoms with Crippen LogP contribution in [-0.4, -0.2) is 77.3 Å². The molecule has 0 spiro atoms. The van der Waals surface area contributed by atoms with Crippen LogP contribution in [0.15, 0.2) is 42.7 Å². The number of nitrogens with one attached hydrogen (secondary N) is 4. The third-order valence-electron chi connectivity index (χ3n) is 8.36. The Morgan fingerprint density at radius 3 is 2.69 bits per heavy atom. The fourth-order valence-corrected chi connectivity index (χ4v) is 5.67. The maximum Gasteiger partial charge on any atom is 0.433 e. The van der Waals surface area contributed by atoms with Crippen molar-refractivity contribution in [3.8, 4) is 17.1 Å². The quantitative estimate of drug-likeness (QED) is 0.157. The summed E-state index contributed by atoms with van der Waals surface area (Å²) in [7, 11) is 1.86. The molecular formula is C32H34F3N11O2. The molecule has 7 rings (SSSR count). The lowest BCUT2D eigenvalue weighted by atomic mass is 10.1. The first-order chi connectivity index (χ1) is 23.0. The molecule has 4 N–H and O–H groups in total. The smallest absolute Gasteiger partial charge is 0.433 e. The zero-order valence-corrected chi connectivity index (χ0v) is 26.5. The molecule has 1 aliphatic carbocycles. The van der Waals surface area contributed by atoms with Gasteiger partial charge in [0.05, 0.1) is 23.4 Å². The van der Waals surface area contributed by atoms with E-state index in [-0.39, 0.29) is 30.3 Å². The van der Waals surface area contributed by atoms with Gasteiger partial charge in [-0.3, -0.25) is 14.4 Å². The number of halogens is 3. The van der Waals surface area contributed by atoms with Crippen LogP contribution in [0.25, 0.3) is 22.2 Å². The molecule has 1 aliphatic heterocycles. The zero-order chi connectivity index (χ0) is 33.6. The van der Waals surface area contributed by atoms with E-state index >= 15 is 0 Å². The normalized spacial score (nSPS) is 16.8. The van der Waals surface area contributed by atoms with E-state index < -0.39 is 18.0 Å². The van der Waals surface area contributed by atoms with Crippen LogP contribution in [0.3, 0.4) is 0 Å². The Labute approximate surface area is 273 Å². The van der Waals surface area contributed by atoms with E-state index in [0.717, 1.165) is 52.3 Å². The number of fused-ring (bicyclic) bond motifs is 1. The van der Waals surface area contributed by atoms with Gasteiger partial charge in [-0.05, 0) is 44.7 Å². The Hall–Kier alpha value is -5.25. The number of aromatic amines is 1. The second kappa shape index (κ2) is 12.4. The molecule has 1 atom stereocenters. The summed E-state index contributed by atoms with van der Waals surface area (Å²) in [6, 6.07) is 8.45. The molecule has 4 aromatic heterocycles. The van der Waals surface area contributed by atoms with E-state index in [4.69, 9.17) is 9.72 Å². The first-order valence-electron chi connectivity index (χ1n) is 15.6. The highest BCUT2D eigenvalue weighted by Gasteiger charge is 2.35. The summed E-state index contributed by atoms with van der Waals surface area (Å²) in [5.74, 6) is 0.595. The minimum atomic E-state index is -4.63. The highest BCUT2D eigenvalue weighted by atomic mass is 19.4. The van der Waals surface area contributed by atoms with Gasteiger partial charge in [0, 0.05) is 67.3 Å². The topological polar surface area (TPSA) is 151 Å². The summed E-state index contributed by atoms with van der Waals surface area (Å²) >= 11 is 0. The average molecular weight is 662 g/mol. The SMILES string of the molecule is Cc1cnc(Nc2cc(C)n(C)n2)nc1-c1c[nH]c2c(NC(=O)CN3CC[C@H](Oc4cc(C(F)(F)F)nc(NC5CC5)n4)C3)cccc12. The van der Waals surface area contributed by atoms with Crippen molar-refractivity contribution in [3.05, 3.63) is 59.7 Å². The Kier molecular flexibility index (Phi) is 8.10. The summed E-state index contributed by atoms with van der Waals surface area (Å²) in [5, 5.41) is 14.4. The predicted molar refractivity (Wildman–Crippen MR) is 173 cm³/mol. The summed E-state index contributed by atoms with van der Waals surface area (Å²) in [4.78, 5) is 35.3. The van der Waals surface area contributed by atoms with Crippen molar-refractivity contribution < 1.29 is 22.7 Å². The monoisotopic (exact) mass is 661 g/mol. The molecular weight excluding hydrogens is 627 g/mol. The molecule has 2 aliphatic rings. The van der Waals surface area contributed by atoms with Gasteiger partial charge in [-0.15, -0.1) is 0 Å². The standard InChI is InChI=1S/C32H34F3N11O2/c1-17-13-37-30(41-25-11-18(2)45(3)44-25)43-28(17)22-14-36-29-21(22)5-4-6-23(29)39-26(47)16-46-10-9-20(15-46)48-27-12-24(32(33,34)35)40-31(42-27)38-19-7-8-19/h4-6,11-14,19-20,36H,7-10,15-16H2,1-3H3,(H,39,47)(H,38,40,42)(H,37,41,43,44)/t20-/m0/s1. The number of benzene rings is 1. The van der Waals surface area contributed by atoms with E-state index in [1.165, 1.54) is 0 Å². The number of rotatable bonds is 10. The van der Waals surface area contributed by atoms with E-state index in [2.05, 4.69) is 41.0 Å². The van der Waals surface area contributed by atoms with Gasteiger partial charge in [0.2, 0.25) is 23.7 Å². The molecule has 5 heterocycles. The number of para-hydroxylation sites is 1. The van der Waals surface area contributed by atoms with Gasteiger partial charge in [0.1, 0.15) is 6.10 Å². The van der Waals surface area contributed by atoms with Gasteiger partial charge in [-0.25, -0.2) is 15.0 Å². The lowest BCUT2D eigenvalue weighted by Crippen LogP contribution is -2.33. The van der Waals surface area contributed by atoms with Gasteiger partial charge in [0.15, 0.2) is 11.5 Å². The molecule has 2 fully saturated rings. The summed E-state index contributed by atoms with van der Waals surface area (Å²) in [5.41, 5.74) is 3.77. The maximum atomic E-state index is 13.5. The van der Waals surface area contributed by atoms with Crippen LogP contribution >= 0.6 is 0 Å². The van der Waals surface area contributed by atoms with Crippen LogP contribution in [0.1, 0.15) is 36.2 Å². The summed E-state index contributed by atoms with van der Waals surface area (Å²) in [6.45, 7) is 4.89. The number of hydrogen-bond acceptors (Lipinski definition) is 10. The molecule has 13 nitrogen and oxygen atoms in total. The second-order valence-electron chi connectivity index (χ2n) is 12.2. The molecule has 250 valence electrons. The van der Waals surface area contributed by atoms with Crippen molar-refractivity contribution in [2.75, 3.05) is 35.6 Å². The van der Waals surface area contributed by atoms with E-state index in [0.29, 0.717) is 37.0 Å². The number of hydrogen-bond donors (Lipinski definition) is 4. The van der Waals surface area contributed by atoms with Crippen molar-refractivity contribution in [1.29, 1.82) is 0 Å². The zero-order valence-electron chi connectivity index (χ0n) is 26.5. The van der Waals surface area contributed by atoms with Crippen LogP contribution in [-0.2, 0) is 18.0 Å². The maximum absolute atomic E-state index is 13.5. The van der Waals surface area contributed by atoms with Crippen molar-refractivity contribution in [3.63, 3.8) is 0 Å². The van der Waals surface area contributed by atoms with Crippen molar-refractivity contribution in [2.24, 2.45) is 7.05 Å². The number of likely N-dealkylation sites (tertiary alicyclic amines) is 1. The van der Waals surface area contributed by atoms with Gasteiger partial charge in [0.25, 0.3) is 0 Å². The Bertz CT molecular complexity index is 1970. The van der Waals surface area contributed by atoms with Gasteiger partial charge >= 0.3 is 6.18 Å². The second-order valence-corrected chi connectivity index (χ2v) is 12.2. The highest BCUT2D eigenvalue weighted by molar-refractivity contribution is 6.06. The van der Waals surface area contributed by atoms with Gasteiger partial charge in [-0.2, -0.15) is 23.3 Å². The average Bonchev–Trinajstić information content (AvgIpc) is 3.40. The van der Waals surface area contributed by atoms with Crippen molar-refractivity contribution in [2.45, 2.75) is 51.4 Å². The summed E-state index contributed by atoms with van der Waals surface area (Å²) in [6.07, 6.45) is 0.821. The molecule has 0 bridgehead atoms. The molecule has 1 saturated heterocycles. The number of ether oxygens (including phenoxy) is 1. The van der Waals surface area contributed by atoms with Crippen molar-refractivity contribution in [1.82, 2.24) is 39.6 Å². The number of anilines is 4. The molecule has 1 saturated carbocycles. The number of nitrogens with zero attached hydrogens (tertiary/aromatic N) is 7. The third-order valence-corrected chi connectivity index (χ3v) is 8.36. The molecule has 16 heteroatoms. The van der Waals surface area contributed by atoms with Crippen LogP contribution in [0.5, 0.6) is 5.88 Å². The lowest BCUT2D eigenvalue weighted by Gasteiger charge is -2.17. The largest absolute Gasteiger partial charge is 0.473 e. The van der Waals surface area contributed by atoms with Crippen LogP contribution in [0.4, 0.5) is 36.6 Å². The Balaban J connectivity index is 1.01. The number of H-pyrrole nitrogens is 1. The fraction of sp³-hybridized carbons (Fsp3) is 0.375. The van der Waals surface area contributed by atoms with Gasteiger partial charge in [-0.1, -0.05) is 12.1 Å². The minimum Gasteiger partial charge on any atom is -0.473 e. The lowest BCUT2D eigenvalue weighted by molar-refractivity contribution is -0.141. The van der Waals surface area contributed by atoms with E-state index in [1.54, 1.807) is 10.9 Å². The number of carbonyl (C=O) groups excluding carboxylic acids is 1. The molecule has 5 aromatic rings. The van der Waals surface area contributed by atoms with Crippen molar-refractivity contribution >= 4 is 40.2 Å². The molecule has 1 aromatic carbocycles. The van der Waals surface area contributed by atoms with E-state index in [1.807, 2.05) is 56.3 Å². The molecule has 1 amide bonds. The molecule has 48 heavy (non-hydrogen) atoms. The molecule has 0 radical (unpaired) electrons. The summed E-state index contributed by atoms with van der Waals surface area (Å²) < 4.78 is 48.0. The third kappa shape index (κ3) is 6.88.